The number of fused-ring (bicyclic) bond motifs is 1. The molecule has 5 rings (SSSR count). The Morgan fingerprint density at radius 3 is 2.53 bits per heavy atom. The highest BCUT2D eigenvalue weighted by atomic mass is 16.4. The van der Waals surface area contributed by atoms with E-state index in [4.69, 9.17) is 4.98 Å². The van der Waals surface area contributed by atoms with E-state index in [1.54, 1.807) is 4.90 Å². The maximum Gasteiger partial charge on any atom is 0.329 e. The summed E-state index contributed by atoms with van der Waals surface area (Å²) in [5, 5.41) is 25.6. The van der Waals surface area contributed by atoms with E-state index in [9.17, 15) is 14.7 Å². The third kappa shape index (κ3) is 5.01. The van der Waals surface area contributed by atoms with Gasteiger partial charge >= 0.3 is 5.97 Å². The minimum absolute atomic E-state index is 0.0807. The van der Waals surface area contributed by atoms with Gasteiger partial charge in [0.05, 0.1) is 11.2 Å². The van der Waals surface area contributed by atoms with Crippen molar-refractivity contribution >= 4 is 22.8 Å². The molecule has 0 spiro atoms. The van der Waals surface area contributed by atoms with Gasteiger partial charge in [-0.05, 0) is 48.2 Å². The van der Waals surface area contributed by atoms with Crippen molar-refractivity contribution in [2.45, 2.75) is 70.4 Å². The highest BCUT2D eigenvalue weighted by Gasteiger charge is 2.46. The average Bonchev–Trinajstić information content (AvgIpc) is 3.49. The monoisotopic (exact) mass is 512 g/mol. The van der Waals surface area contributed by atoms with Crippen molar-refractivity contribution in [3.8, 4) is 22.6 Å². The van der Waals surface area contributed by atoms with Crippen LogP contribution in [-0.2, 0) is 16.1 Å². The summed E-state index contributed by atoms with van der Waals surface area (Å²) in [5.41, 5.74) is 3.08. The van der Waals surface area contributed by atoms with Crippen molar-refractivity contribution in [2.24, 2.45) is 0 Å². The molecule has 1 aliphatic carbocycles. The molecule has 1 aliphatic rings. The lowest BCUT2D eigenvalue weighted by Gasteiger charge is -2.43. The van der Waals surface area contributed by atoms with Crippen molar-refractivity contribution in [1.29, 1.82) is 0 Å². The summed E-state index contributed by atoms with van der Waals surface area (Å²) in [6, 6.07) is 17.6. The van der Waals surface area contributed by atoms with Gasteiger partial charge in [-0.25, -0.2) is 9.78 Å². The Bertz CT molecular complexity index is 1430. The van der Waals surface area contributed by atoms with Crippen LogP contribution in [0.25, 0.3) is 33.5 Å². The first kappa shape index (κ1) is 25.5. The molecule has 38 heavy (non-hydrogen) atoms. The lowest BCUT2D eigenvalue weighted by molar-refractivity contribution is -0.163. The summed E-state index contributed by atoms with van der Waals surface area (Å²) in [5.74, 6) is -0.474. The quantitative estimate of drug-likeness (QED) is 0.308. The molecular formula is C29H32N6O3. The van der Waals surface area contributed by atoms with Crippen LogP contribution < -0.4 is 0 Å². The van der Waals surface area contributed by atoms with E-state index in [0.29, 0.717) is 25.1 Å². The minimum atomic E-state index is -1.14. The van der Waals surface area contributed by atoms with E-state index in [0.717, 1.165) is 65.4 Å². The number of carbonyl (C=O) groups excluding carboxylic acids is 1. The molecule has 9 heteroatoms. The van der Waals surface area contributed by atoms with E-state index in [1.165, 1.54) is 0 Å². The summed E-state index contributed by atoms with van der Waals surface area (Å²) in [7, 11) is 0. The Labute approximate surface area is 221 Å². The fourth-order valence-electron chi connectivity index (χ4n) is 5.46. The van der Waals surface area contributed by atoms with E-state index in [-0.39, 0.29) is 12.5 Å². The smallest absolute Gasteiger partial charge is 0.329 e. The number of rotatable bonds is 9. The number of pyridine rings is 1. The third-order valence-electron chi connectivity index (χ3n) is 7.52. The summed E-state index contributed by atoms with van der Waals surface area (Å²) in [4.78, 5) is 32.4. The van der Waals surface area contributed by atoms with Gasteiger partial charge in [0.25, 0.3) is 0 Å². The van der Waals surface area contributed by atoms with Gasteiger partial charge in [0.15, 0.2) is 0 Å². The maximum absolute atomic E-state index is 13.3. The normalized spacial score (nSPS) is 14.9. The topological polar surface area (TPSA) is 125 Å². The second-order valence-electron chi connectivity index (χ2n) is 9.99. The number of hydrogen-bond acceptors (Lipinski definition) is 6. The first-order valence-electron chi connectivity index (χ1n) is 13.3. The summed E-state index contributed by atoms with van der Waals surface area (Å²) in [6.07, 6.45) is 5.64. The number of aromatic amines is 1. The molecule has 4 aromatic rings. The molecule has 0 saturated heterocycles. The second-order valence-corrected chi connectivity index (χ2v) is 9.99. The SMILES string of the molecule is CCCCC(=O)N(Cc1ccc2nc(-c3ccccc3-c3nn[nH]n3)ccc2c1)C1(C(=O)O)CCCCC1. The van der Waals surface area contributed by atoms with Crippen molar-refractivity contribution in [2.75, 3.05) is 0 Å². The Morgan fingerprint density at radius 1 is 1.03 bits per heavy atom. The fraction of sp³-hybridized carbons (Fsp3) is 0.379. The number of carboxylic acid groups (broad SMARTS) is 1. The van der Waals surface area contributed by atoms with Crippen LogP contribution in [0.4, 0.5) is 0 Å². The van der Waals surface area contributed by atoms with Crippen LogP contribution in [0.5, 0.6) is 0 Å². The number of nitrogens with one attached hydrogen (secondary N) is 1. The molecule has 0 atom stereocenters. The number of tetrazole rings is 1. The predicted octanol–water partition coefficient (Wildman–Crippen LogP) is 5.39. The zero-order chi connectivity index (χ0) is 26.5. The number of unbranched alkanes of at least 4 members (excludes halogenated alkanes) is 1. The molecule has 196 valence electrons. The van der Waals surface area contributed by atoms with Crippen molar-refractivity contribution in [3.63, 3.8) is 0 Å². The fourth-order valence-corrected chi connectivity index (χ4v) is 5.46. The van der Waals surface area contributed by atoms with E-state index < -0.39 is 11.5 Å². The first-order valence-corrected chi connectivity index (χ1v) is 13.3. The highest BCUT2D eigenvalue weighted by molar-refractivity contribution is 5.88. The number of aromatic nitrogens is 5. The van der Waals surface area contributed by atoms with E-state index in [2.05, 4.69) is 20.6 Å². The number of aliphatic carboxylic acids is 1. The van der Waals surface area contributed by atoms with Crippen molar-refractivity contribution < 1.29 is 14.7 Å². The zero-order valence-electron chi connectivity index (χ0n) is 21.6. The molecule has 0 unspecified atom stereocenters. The highest BCUT2D eigenvalue weighted by Crippen LogP contribution is 2.36. The minimum Gasteiger partial charge on any atom is -0.479 e. The van der Waals surface area contributed by atoms with Gasteiger partial charge < -0.3 is 10.0 Å². The van der Waals surface area contributed by atoms with Crippen LogP contribution in [0.1, 0.15) is 63.9 Å². The van der Waals surface area contributed by atoms with Crippen LogP contribution in [0.3, 0.4) is 0 Å². The Kier molecular flexibility index (Phi) is 7.44. The molecule has 0 aliphatic heterocycles. The summed E-state index contributed by atoms with van der Waals surface area (Å²) >= 11 is 0. The number of hydrogen-bond donors (Lipinski definition) is 2. The van der Waals surface area contributed by atoms with Crippen LogP contribution in [0.2, 0.25) is 0 Å². The summed E-state index contributed by atoms with van der Waals surface area (Å²) in [6.45, 7) is 2.31. The van der Waals surface area contributed by atoms with Gasteiger partial charge in [0.2, 0.25) is 11.7 Å². The van der Waals surface area contributed by atoms with Gasteiger partial charge in [-0.15, -0.1) is 10.2 Å². The number of H-pyrrole nitrogens is 1. The van der Waals surface area contributed by atoms with E-state index >= 15 is 0 Å². The average molecular weight is 513 g/mol. The van der Waals surface area contributed by atoms with Gasteiger partial charge in [-0.1, -0.05) is 69.0 Å². The Morgan fingerprint density at radius 2 is 1.82 bits per heavy atom. The molecule has 1 fully saturated rings. The number of nitrogens with zero attached hydrogens (tertiary/aromatic N) is 5. The Hall–Kier alpha value is -4.14. The number of benzene rings is 2. The molecule has 0 radical (unpaired) electrons. The molecule has 9 nitrogen and oxygen atoms in total. The number of amides is 1. The van der Waals surface area contributed by atoms with Crippen LogP contribution in [-0.4, -0.2) is 53.0 Å². The molecule has 2 aromatic carbocycles. The third-order valence-corrected chi connectivity index (χ3v) is 7.52. The first-order chi connectivity index (χ1) is 18.5. The second kappa shape index (κ2) is 11.1. The standard InChI is InChI=1S/C29H32N6O3/c1-2-3-11-26(36)35(29(28(37)38)16-7-4-8-17-29)19-20-12-14-24-21(18-20)13-15-25(30-24)22-9-5-6-10-23(22)27-31-33-34-32-27/h5-6,9-10,12-15,18H,2-4,7-8,11,16-17,19H2,1H3,(H,37,38)(H,31,32,33,34). The lowest BCUT2D eigenvalue weighted by Crippen LogP contribution is -2.57. The van der Waals surface area contributed by atoms with Crippen LogP contribution in [0.15, 0.2) is 54.6 Å². The maximum atomic E-state index is 13.3. The van der Waals surface area contributed by atoms with Gasteiger partial charge in [0, 0.05) is 29.5 Å². The predicted molar refractivity (Wildman–Crippen MR) is 144 cm³/mol. The number of carboxylic acids is 1. The number of carbonyl (C=O) groups is 2. The largest absolute Gasteiger partial charge is 0.479 e. The molecule has 2 heterocycles. The van der Waals surface area contributed by atoms with Gasteiger partial charge in [-0.2, -0.15) is 5.21 Å². The molecule has 2 N–H and O–H groups in total. The zero-order valence-corrected chi connectivity index (χ0v) is 21.6. The van der Waals surface area contributed by atoms with Crippen molar-refractivity contribution in [3.05, 3.63) is 60.2 Å². The molecule has 2 aromatic heterocycles. The lowest BCUT2D eigenvalue weighted by atomic mass is 9.79. The molecule has 0 bridgehead atoms. The Balaban J connectivity index is 1.47. The molecular weight excluding hydrogens is 480 g/mol. The van der Waals surface area contributed by atoms with Crippen LogP contribution >= 0.6 is 0 Å². The van der Waals surface area contributed by atoms with Crippen molar-refractivity contribution in [1.82, 2.24) is 30.5 Å². The molecule has 1 saturated carbocycles. The van der Waals surface area contributed by atoms with Gasteiger partial charge in [-0.3, -0.25) is 4.79 Å². The summed E-state index contributed by atoms with van der Waals surface area (Å²) < 4.78 is 0. The van der Waals surface area contributed by atoms with E-state index in [1.807, 2.05) is 61.5 Å². The molecule has 1 amide bonds. The van der Waals surface area contributed by atoms with Crippen LogP contribution in [0, 0.1) is 0 Å². The van der Waals surface area contributed by atoms with Gasteiger partial charge in [0.1, 0.15) is 5.54 Å².